The molecule has 2 N–H and O–H groups in total. The van der Waals surface area contributed by atoms with Crippen LogP contribution in [0.5, 0.6) is 0 Å². The molecule has 2 fully saturated rings. The number of amides is 2. The summed E-state index contributed by atoms with van der Waals surface area (Å²) in [5.74, 6) is 0.438. The van der Waals surface area contributed by atoms with Gasteiger partial charge in [0.15, 0.2) is 0 Å². The van der Waals surface area contributed by atoms with Crippen LogP contribution >= 0.6 is 0 Å². The van der Waals surface area contributed by atoms with E-state index in [-0.39, 0.29) is 11.8 Å². The van der Waals surface area contributed by atoms with Crippen molar-refractivity contribution in [2.45, 2.75) is 77.3 Å². The zero-order chi connectivity index (χ0) is 18.2. The standard InChI is InChI=1S/C19H30N4O2/c1-5-8-14-11-15(14)20-18(25)19(9-6-7-10-19)21-17(24)16-12(2)22-23(4)13(16)3/h14-15H,5-11H2,1-4H3,(H,20,25)(H,21,24). The van der Waals surface area contributed by atoms with Crippen molar-refractivity contribution in [3.63, 3.8) is 0 Å². The molecule has 0 saturated heterocycles. The highest BCUT2D eigenvalue weighted by molar-refractivity contribution is 6.01. The molecule has 1 heterocycles. The fraction of sp³-hybridized carbons (Fsp3) is 0.737. The summed E-state index contributed by atoms with van der Waals surface area (Å²) in [4.78, 5) is 25.9. The summed E-state index contributed by atoms with van der Waals surface area (Å²) in [5, 5.41) is 10.6. The molecule has 0 radical (unpaired) electrons. The maximum Gasteiger partial charge on any atom is 0.255 e. The minimum atomic E-state index is -0.759. The second-order valence-corrected chi connectivity index (χ2v) is 7.78. The van der Waals surface area contributed by atoms with Gasteiger partial charge in [-0.05, 0) is 45.4 Å². The molecule has 1 aromatic heterocycles. The molecule has 2 aliphatic carbocycles. The molecule has 6 heteroatoms. The van der Waals surface area contributed by atoms with Crippen LogP contribution in [-0.4, -0.2) is 33.2 Å². The molecule has 0 spiro atoms. The summed E-state index contributed by atoms with van der Waals surface area (Å²) in [6.45, 7) is 5.90. The number of carbonyl (C=O) groups excluding carboxylic acids is 2. The van der Waals surface area contributed by atoms with E-state index in [0.717, 1.165) is 31.4 Å². The highest BCUT2D eigenvalue weighted by Crippen LogP contribution is 2.37. The molecule has 3 rings (SSSR count). The first-order valence-corrected chi connectivity index (χ1v) is 9.51. The maximum absolute atomic E-state index is 13.0. The highest BCUT2D eigenvalue weighted by Gasteiger charge is 2.46. The molecule has 6 nitrogen and oxygen atoms in total. The van der Waals surface area contributed by atoms with Crippen LogP contribution in [0.1, 0.15) is 73.6 Å². The van der Waals surface area contributed by atoms with Crippen LogP contribution in [0.25, 0.3) is 0 Å². The second-order valence-electron chi connectivity index (χ2n) is 7.78. The third-order valence-corrected chi connectivity index (χ3v) is 5.88. The van der Waals surface area contributed by atoms with Gasteiger partial charge in [-0.2, -0.15) is 5.10 Å². The molecule has 0 aromatic carbocycles. The molecule has 2 amide bonds. The quantitative estimate of drug-likeness (QED) is 0.830. The topological polar surface area (TPSA) is 76.0 Å². The molecule has 138 valence electrons. The van der Waals surface area contributed by atoms with Gasteiger partial charge in [-0.25, -0.2) is 0 Å². The van der Waals surface area contributed by atoms with Crippen molar-refractivity contribution in [2.75, 3.05) is 0 Å². The first-order chi connectivity index (χ1) is 11.9. The molecule has 2 aliphatic rings. The fourth-order valence-electron chi connectivity index (χ4n) is 4.19. The Hall–Kier alpha value is -1.85. The van der Waals surface area contributed by atoms with Gasteiger partial charge in [0.25, 0.3) is 5.91 Å². The molecular weight excluding hydrogens is 316 g/mol. The predicted molar refractivity (Wildman–Crippen MR) is 96.3 cm³/mol. The third kappa shape index (κ3) is 3.44. The Morgan fingerprint density at radius 2 is 1.96 bits per heavy atom. The van der Waals surface area contributed by atoms with E-state index in [9.17, 15) is 9.59 Å². The average Bonchev–Trinajstić information content (AvgIpc) is 2.99. The van der Waals surface area contributed by atoms with E-state index in [0.29, 0.717) is 36.1 Å². The number of aryl methyl sites for hydroxylation is 2. The summed E-state index contributed by atoms with van der Waals surface area (Å²) < 4.78 is 1.71. The zero-order valence-electron chi connectivity index (χ0n) is 15.8. The van der Waals surface area contributed by atoms with Gasteiger partial charge in [-0.3, -0.25) is 14.3 Å². The summed E-state index contributed by atoms with van der Waals surface area (Å²) in [5.41, 5.74) is 1.37. The van der Waals surface area contributed by atoms with Crippen LogP contribution in [0.4, 0.5) is 0 Å². The maximum atomic E-state index is 13.0. The van der Waals surface area contributed by atoms with Gasteiger partial charge < -0.3 is 10.6 Å². The number of aromatic nitrogens is 2. The van der Waals surface area contributed by atoms with Crippen molar-refractivity contribution < 1.29 is 9.59 Å². The smallest absolute Gasteiger partial charge is 0.255 e. The van der Waals surface area contributed by atoms with Crippen LogP contribution in [0.3, 0.4) is 0 Å². The number of rotatable bonds is 6. The van der Waals surface area contributed by atoms with E-state index in [1.165, 1.54) is 6.42 Å². The van der Waals surface area contributed by atoms with Gasteiger partial charge in [0.1, 0.15) is 5.54 Å². The van der Waals surface area contributed by atoms with Crippen molar-refractivity contribution in [2.24, 2.45) is 13.0 Å². The normalized spacial score (nSPS) is 24.2. The lowest BCUT2D eigenvalue weighted by Crippen LogP contribution is -2.57. The van der Waals surface area contributed by atoms with Gasteiger partial charge in [0, 0.05) is 18.8 Å². The Bertz CT molecular complexity index is 673. The largest absolute Gasteiger partial charge is 0.351 e. The lowest BCUT2D eigenvalue weighted by molar-refractivity contribution is -0.127. The minimum absolute atomic E-state index is 0.00106. The number of hydrogen-bond donors (Lipinski definition) is 2. The van der Waals surface area contributed by atoms with E-state index in [4.69, 9.17) is 0 Å². The fourth-order valence-corrected chi connectivity index (χ4v) is 4.19. The monoisotopic (exact) mass is 346 g/mol. The van der Waals surface area contributed by atoms with Gasteiger partial charge in [0.05, 0.1) is 11.3 Å². The number of hydrogen-bond acceptors (Lipinski definition) is 3. The highest BCUT2D eigenvalue weighted by atomic mass is 16.2. The van der Waals surface area contributed by atoms with E-state index in [1.54, 1.807) is 4.68 Å². The van der Waals surface area contributed by atoms with Gasteiger partial charge in [-0.15, -0.1) is 0 Å². The second kappa shape index (κ2) is 6.81. The van der Waals surface area contributed by atoms with Crippen LogP contribution in [0, 0.1) is 19.8 Å². The third-order valence-electron chi connectivity index (χ3n) is 5.88. The first-order valence-electron chi connectivity index (χ1n) is 9.51. The molecule has 2 atom stereocenters. The Balaban J connectivity index is 1.72. The van der Waals surface area contributed by atoms with E-state index >= 15 is 0 Å². The molecule has 1 aromatic rings. The summed E-state index contributed by atoms with van der Waals surface area (Å²) in [6, 6.07) is 0.295. The molecule has 0 aliphatic heterocycles. The number of carbonyl (C=O) groups is 2. The average molecular weight is 346 g/mol. The summed E-state index contributed by atoms with van der Waals surface area (Å²) in [6.07, 6.45) is 6.77. The van der Waals surface area contributed by atoms with Crippen molar-refractivity contribution in [1.82, 2.24) is 20.4 Å². The molecular formula is C19H30N4O2. The van der Waals surface area contributed by atoms with Crippen molar-refractivity contribution in [3.8, 4) is 0 Å². The van der Waals surface area contributed by atoms with Crippen molar-refractivity contribution >= 4 is 11.8 Å². The first kappa shape index (κ1) is 18.0. The summed E-state index contributed by atoms with van der Waals surface area (Å²) >= 11 is 0. The number of nitrogens with zero attached hydrogens (tertiary/aromatic N) is 2. The van der Waals surface area contributed by atoms with Crippen LogP contribution in [-0.2, 0) is 11.8 Å². The Labute approximate surface area is 149 Å². The SMILES string of the molecule is CCCC1CC1NC(=O)C1(NC(=O)c2c(C)nn(C)c2C)CCCC1. The van der Waals surface area contributed by atoms with Gasteiger partial charge in [0.2, 0.25) is 5.91 Å². The molecule has 2 saturated carbocycles. The Morgan fingerprint density at radius 1 is 1.28 bits per heavy atom. The van der Waals surface area contributed by atoms with Gasteiger partial charge in [-0.1, -0.05) is 26.2 Å². The van der Waals surface area contributed by atoms with Crippen LogP contribution in [0.15, 0.2) is 0 Å². The van der Waals surface area contributed by atoms with Crippen LogP contribution in [0.2, 0.25) is 0 Å². The number of nitrogens with one attached hydrogen (secondary N) is 2. The Kier molecular flexibility index (Phi) is 4.89. The van der Waals surface area contributed by atoms with Crippen LogP contribution < -0.4 is 10.6 Å². The van der Waals surface area contributed by atoms with E-state index < -0.39 is 5.54 Å². The van der Waals surface area contributed by atoms with E-state index in [1.807, 2.05) is 20.9 Å². The lowest BCUT2D eigenvalue weighted by atomic mass is 9.95. The zero-order valence-corrected chi connectivity index (χ0v) is 15.8. The predicted octanol–water partition coefficient (Wildman–Crippen LogP) is 2.38. The van der Waals surface area contributed by atoms with Crippen molar-refractivity contribution in [1.29, 1.82) is 0 Å². The lowest BCUT2D eigenvalue weighted by Gasteiger charge is -2.29. The van der Waals surface area contributed by atoms with E-state index in [2.05, 4.69) is 22.7 Å². The van der Waals surface area contributed by atoms with Crippen molar-refractivity contribution in [3.05, 3.63) is 17.0 Å². The summed E-state index contributed by atoms with van der Waals surface area (Å²) in [7, 11) is 1.83. The molecule has 2 unspecified atom stereocenters. The molecule has 25 heavy (non-hydrogen) atoms. The van der Waals surface area contributed by atoms with Gasteiger partial charge >= 0.3 is 0 Å². The molecule has 0 bridgehead atoms. The minimum Gasteiger partial charge on any atom is -0.351 e. The Morgan fingerprint density at radius 3 is 2.52 bits per heavy atom.